The molecule has 2 aromatic rings. The number of aromatic nitrogens is 4. The molecule has 21 heavy (non-hydrogen) atoms. The van der Waals surface area contributed by atoms with Crippen LogP contribution < -0.4 is 9.64 Å². The summed E-state index contributed by atoms with van der Waals surface area (Å²) in [6.45, 7) is 3.71. The molecule has 1 saturated heterocycles. The smallest absolute Gasteiger partial charge is 0.316 e. The fourth-order valence-corrected chi connectivity index (χ4v) is 2.44. The van der Waals surface area contributed by atoms with E-state index < -0.39 is 0 Å². The van der Waals surface area contributed by atoms with Gasteiger partial charge in [0.2, 0.25) is 5.95 Å². The fraction of sp³-hybridized carbons (Fsp3) is 0.429. The second-order valence-corrected chi connectivity index (χ2v) is 5.96. The molecule has 0 amide bonds. The minimum Gasteiger partial charge on any atom is -0.460 e. The van der Waals surface area contributed by atoms with Gasteiger partial charge < -0.3 is 9.64 Å². The molecule has 0 N–H and O–H groups in total. The molecule has 1 aliphatic rings. The van der Waals surface area contributed by atoms with Gasteiger partial charge in [-0.2, -0.15) is 0 Å². The molecule has 3 heterocycles. The molecular formula is C14H16BrN5O. The van der Waals surface area contributed by atoms with Crippen molar-refractivity contribution in [2.75, 3.05) is 18.0 Å². The second kappa shape index (κ2) is 6.34. The van der Waals surface area contributed by atoms with Gasteiger partial charge in [-0.1, -0.05) is 0 Å². The van der Waals surface area contributed by atoms with E-state index in [1.54, 1.807) is 24.8 Å². The summed E-state index contributed by atoms with van der Waals surface area (Å²) in [4.78, 5) is 19.2. The third kappa shape index (κ3) is 3.66. The van der Waals surface area contributed by atoms with Gasteiger partial charge in [-0.05, 0) is 28.4 Å². The van der Waals surface area contributed by atoms with Crippen molar-refractivity contribution in [2.24, 2.45) is 0 Å². The summed E-state index contributed by atoms with van der Waals surface area (Å²) in [5, 5.41) is 0. The highest BCUT2D eigenvalue weighted by Crippen LogP contribution is 2.19. The molecule has 6 nitrogen and oxygen atoms in total. The van der Waals surface area contributed by atoms with Crippen LogP contribution in [0, 0.1) is 6.92 Å². The summed E-state index contributed by atoms with van der Waals surface area (Å²) in [5.41, 5.74) is 1.03. The molecule has 0 spiro atoms. The average molecular weight is 350 g/mol. The summed E-state index contributed by atoms with van der Waals surface area (Å²) >= 11 is 3.34. The summed E-state index contributed by atoms with van der Waals surface area (Å²) in [7, 11) is 0. The minimum absolute atomic E-state index is 0.152. The van der Waals surface area contributed by atoms with Crippen LogP contribution in [0.25, 0.3) is 0 Å². The van der Waals surface area contributed by atoms with E-state index in [0.29, 0.717) is 6.01 Å². The van der Waals surface area contributed by atoms with Crippen molar-refractivity contribution in [3.63, 3.8) is 0 Å². The van der Waals surface area contributed by atoms with Crippen molar-refractivity contribution in [3.8, 4) is 6.01 Å². The Labute approximate surface area is 131 Å². The Morgan fingerprint density at radius 1 is 1.05 bits per heavy atom. The van der Waals surface area contributed by atoms with Gasteiger partial charge in [-0.3, -0.25) is 0 Å². The molecule has 110 valence electrons. The van der Waals surface area contributed by atoms with Crippen molar-refractivity contribution in [2.45, 2.75) is 25.9 Å². The maximum Gasteiger partial charge on any atom is 0.316 e. The predicted octanol–water partition coefficient (Wildman–Crippen LogP) is 2.39. The molecule has 0 bridgehead atoms. The standard InChI is InChI=1S/C14H16BrN5O/c1-10-6-18-14(19-7-10)21-12-2-4-20(5-3-12)13-16-8-11(15)9-17-13/h6-9,12H,2-5H2,1H3. The number of rotatable bonds is 3. The molecule has 0 saturated carbocycles. The summed E-state index contributed by atoms with van der Waals surface area (Å²) in [5.74, 6) is 0.767. The SMILES string of the molecule is Cc1cnc(OC2CCN(c3ncc(Br)cn3)CC2)nc1. The third-order valence-corrected chi connectivity index (χ3v) is 3.77. The largest absolute Gasteiger partial charge is 0.460 e. The Hall–Kier alpha value is -1.76. The molecule has 0 aromatic carbocycles. The van der Waals surface area contributed by atoms with Gasteiger partial charge in [0.15, 0.2) is 0 Å². The van der Waals surface area contributed by atoms with Crippen LogP contribution in [0.1, 0.15) is 18.4 Å². The number of piperidine rings is 1. The predicted molar refractivity (Wildman–Crippen MR) is 82.4 cm³/mol. The van der Waals surface area contributed by atoms with E-state index in [4.69, 9.17) is 4.74 Å². The molecule has 0 radical (unpaired) electrons. The van der Waals surface area contributed by atoms with Crippen LogP contribution >= 0.6 is 15.9 Å². The fourth-order valence-electron chi connectivity index (χ4n) is 2.23. The van der Waals surface area contributed by atoms with E-state index in [1.165, 1.54) is 0 Å². The Balaban J connectivity index is 1.55. The molecule has 2 aromatic heterocycles. The second-order valence-electron chi connectivity index (χ2n) is 5.05. The molecular weight excluding hydrogens is 334 g/mol. The first-order valence-electron chi connectivity index (χ1n) is 6.88. The van der Waals surface area contributed by atoms with Crippen molar-refractivity contribution in [3.05, 3.63) is 34.8 Å². The lowest BCUT2D eigenvalue weighted by Crippen LogP contribution is -2.39. The zero-order chi connectivity index (χ0) is 14.7. The normalized spacial score (nSPS) is 16.0. The van der Waals surface area contributed by atoms with E-state index >= 15 is 0 Å². The van der Waals surface area contributed by atoms with Crippen molar-refractivity contribution in [1.82, 2.24) is 19.9 Å². The number of halogens is 1. The summed E-state index contributed by atoms with van der Waals surface area (Å²) in [6.07, 6.45) is 9.06. The highest BCUT2D eigenvalue weighted by atomic mass is 79.9. The Morgan fingerprint density at radius 3 is 2.29 bits per heavy atom. The first-order valence-corrected chi connectivity index (χ1v) is 7.68. The van der Waals surface area contributed by atoms with E-state index in [-0.39, 0.29) is 6.10 Å². The number of hydrogen-bond donors (Lipinski definition) is 0. The van der Waals surface area contributed by atoms with E-state index in [1.807, 2.05) is 6.92 Å². The Morgan fingerprint density at radius 2 is 1.67 bits per heavy atom. The van der Waals surface area contributed by atoms with Crippen LogP contribution in [0.4, 0.5) is 5.95 Å². The van der Waals surface area contributed by atoms with Gasteiger partial charge in [-0.15, -0.1) is 0 Å². The summed E-state index contributed by atoms with van der Waals surface area (Å²) < 4.78 is 6.71. The van der Waals surface area contributed by atoms with Gasteiger partial charge in [0.1, 0.15) is 6.10 Å². The number of nitrogens with zero attached hydrogens (tertiary/aromatic N) is 5. The van der Waals surface area contributed by atoms with Crippen LogP contribution in [0.2, 0.25) is 0 Å². The minimum atomic E-state index is 0.152. The lowest BCUT2D eigenvalue weighted by Gasteiger charge is -2.31. The van der Waals surface area contributed by atoms with Crippen molar-refractivity contribution in [1.29, 1.82) is 0 Å². The van der Waals surface area contributed by atoms with Gasteiger partial charge in [-0.25, -0.2) is 19.9 Å². The lowest BCUT2D eigenvalue weighted by atomic mass is 10.1. The van der Waals surface area contributed by atoms with E-state index in [9.17, 15) is 0 Å². The maximum absolute atomic E-state index is 5.82. The van der Waals surface area contributed by atoms with Gasteiger partial charge in [0, 0.05) is 50.7 Å². The molecule has 0 atom stereocenters. The monoisotopic (exact) mass is 349 g/mol. The zero-order valence-electron chi connectivity index (χ0n) is 11.7. The number of ether oxygens (including phenoxy) is 1. The quantitative estimate of drug-likeness (QED) is 0.847. The first-order chi connectivity index (χ1) is 10.2. The highest BCUT2D eigenvalue weighted by Gasteiger charge is 2.22. The van der Waals surface area contributed by atoms with Crippen molar-refractivity contribution >= 4 is 21.9 Å². The van der Waals surface area contributed by atoms with Gasteiger partial charge >= 0.3 is 6.01 Å². The highest BCUT2D eigenvalue weighted by molar-refractivity contribution is 9.10. The maximum atomic E-state index is 5.82. The number of aryl methyl sites for hydroxylation is 1. The molecule has 7 heteroatoms. The Kier molecular flexibility index (Phi) is 4.28. The first kappa shape index (κ1) is 14.2. The van der Waals surface area contributed by atoms with Gasteiger partial charge in [0.25, 0.3) is 0 Å². The zero-order valence-corrected chi connectivity index (χ0v) is 13.3. The van der Waals surface area contributed by atoms with Crippen LogP contribution in [0.15, 0.2) is 29.3 Å². The number of hydrogen-bond acceptors (Lipinski definition) is 6. The van der Waals surface area contributed by atoms with E-state index in [0.717, 1.165) is 41.9 Å². The molecule has 1 fully saturated rings. The molecule has 3 rings (SSSR count). The van der Waals surface area contributed by atoms with Gasteiger partial charge in [0.05, 0.1) is 4.47 Å². The lowest BCUT2D eigenvalue weighted by molar-refractivity contribution is 0.156. The molecule has 1 aliphatic heterocycles. The van der Waals surface area contributed by atoms with Crippen LogP contribution in [-0.4, -0.2) is 39.1 Å². The van der Waals surface area contributed by atoms with Crippen LogP contribution in [0.5, 0.6) is 6.01 Å². The molecule has 0 unspecified atom stereocenters. The molecule has 0 aliphatic carbocycles. The van der Waals surface area contributed by atoms with Crippen LogP contribution in [0.3, 0.4) is 0 Å². The topological polar surface area (TPSA) is 64.0 Å². The third-order valence-electron chi connectivity index (χ3n) is 3.36. The average Bonchev–Trinajstić information content (AvgIpc) is 2.51. The Bertz CT molecular complexity index is 581. The van der Waals surface area contributed by atoms with Crippen LogP contribution in [-0.2, 0) is 0 Å². The van der Waals surface area contributed by atoms with E-state index in [2.05, 4.69) is 40.8 Å². The van der Waals surface area contributed by atoms with Crippen molar-refractivity contribution < 1.29 is 4.74 Å². The number of anilines is 1. The summed E-state index contributed by atoms with van der Waals surface area (Å²) in [6, 6.07) is 0.457.